The number of halogens is 3. The smallest absolute Gasteiger partial charge is 0.256 e. The standard InChI is InChI=1S/C23H20Cl2FN5O/c1-11-4-5-13-10-15-19(29-12(2)30-20(15)22-27-8-3-9-28-22)21(11)31(13)23(32)14-6-7-16(24)18(26)17(14)25/h3,6-9,11,13,21H,4-5,10H2,1-2H3/t11-,13+,21-/m1/s1. The highest BCUT2D eigenvalue weighted by Crippen LogP contribution is 2.47. The number of hydrogen-bond acceptors (Lipinski definition) is 5. The topological polar surface area (TPSA) is 71.9 Å². The quantitative estimate of drug-likeness (QED) is 0.478. The van der Waals surface area contributed by atoms with Crippen molar-refractivity contribution in [2.45, 2.75) is 45.2 Å². The highest BCUT2D eigenvalue weighted by Gasteiger charge is 2.46. The molecule has 1 amide bonds. The number of nitrogens with zero attached hydrogens (tertiary/aromatic N) is 5. The van der Waals surface area contributed by atoms with Gasteiger partial charge in [0.2, 0.25) is 0 Å². The fourth-order valence-electron chi connectivity index (χ4n) is 4.88. The maximum Gasteiger partial charge on any atom is 0.256 e. The molecule has 0 radical (unpaired) electrons. The molecule has 0 unspecified atom stereocenters. The highest BCUT2D eigenvalue weighted by molar-refractivity contribution is 6.37. The average molecular weight is 472 g/mol. The third-order valence-electron chi connectivity index (χ3n) is 6.34. The summed E-state index contributed by atoms with van der Waals surface area (Å²) in [5, 5.41) is -0.365. The summed E-state index contributed by atoms with van der Waals surface area (Å²) in [4.78, 5) is 33.7. The van der Waals surface area contributed by atoms with Crippen LogP contribution in [0.3, 0.4) is 0 Å². The molecule has 2 aliphatic heterocycles. The number of carbonyl (C=O) groups is 1. The van der Waals surface area contributed by atoms with Crippen molar-refractivity contribution in [3.05, 3.63) is 69.1 Å². The van der Waals surface area contributed by atoms with Crippen LogP contribution in [0.1, 0.15) is 53.2 Å². The number of rotatable bonds is 2. The van der Waals surface area contributed by atoms with E-state index in [0.717, 1.165) is 24.1 Å². The fraction of sp³-hybridized carbons (Fsp3) is 0.348. The van der Waals surface area contributed by atoms with Crippen molar-refractivity contribution >= 4 is 29.1 Å². The number of piperidine rings is 1. The second-order valence-corrected chi connectivity index (χ2v) is 9.13. The Bertz CT molecular complexity index is 1220. The Morgan fingerprint density at radius 1 is 1.16 bits per heavy atom. The molecule has 0 aliphatic carbocycles. The van der Waals surface area contributed by atoms with Crippen LogP contribution >= 0.6 is 23.2 Å². The number of carbonyl (C=O) groups excluding carboxylic acids is 1. The van der Waals surface area contributed by atoms with Crippen molar-refractivity contribution < 1.29 is 9.18 Å². The second kappa shape index (κ2) is 8.05. The molecule has 6 nitrogen and oxygen atoms in total. The van der Waals surface area contributed by atoms with E-state index in [2.05, 4.69) is 21.9 Å². The zero-order valence-electron chi connectivity index (χ0n) is 17.5. The van der Waals surface area contributed by atoms with E-state index < -0.39 is 5.82 Å². The summed E-state index contributed by atoms with van der Waals surface area (Å²) in [6, 6.07) is 4.25. The summed E-state index contributed by atoms with van der Waals surface area (Å²) < 4.78 is 14.3. The van der Waals surface area contributed by atoms with Crippen LogP contribution < -0.4 is 0 Å². The van der Waals surface area contributed by atoms with Crippen LogP contribution in [0.15, 0.2) is 30.6 Å². The maximum absolute atomic E-state index is 14.3. The summed E-state index contributed by atoms with van der Waals surface area (Å²) in [5.41, 5.74) is 2.60. The molecular formula is C23H20Cl2FN5O. The van der Waals surface area contributed by atoms with E-state index >= 15 is 0 Å². The summed E-state index contributed by atoms with van der Waals surface area (Å²) in [6.07, 6.45) is 5.73. The van der Waals surface area contributed by atoms with Crippen LogP contribution in [-0.2, 0) is 6.42 Å². The summed E-state index contributed by atoms with van der Waals surface area (Å²) in [5.74, 6) is 0.194. The van der Waals surface area contributed by atoms with Gasteiger partial charge >= 0.3 is 0 Å². The van der Waals surface area contributed by atoms with E-state index in [1.165, 1.54) is 12.1 Å². The number of fused-ring (bicyclic) bond motifs is 4. The molecule has 0 spiro atoms. The van der Waals surface area contributed by atoms with Gasteiger partial charge < -0.3 is 4.90 Å². The first-order valence-electron chi connectivity index (χ1n) is 10.5. The molecule has 164 valence electrons. The monoisotopic (exact) mass is 471 g/mol. The van der Waals surface area contributed by atoms with Crippen LogP contribution in [0.25, 0.3) is 11.5 Å². The second-order valence-electron chi connectivity index (χ2n) is 8.35. The lowest BCUT2D eigenvalue weighted by Crippen LogP contribution is -2.53. The van der Waals surface area contributed by atoms with Gasteiger partial charge in [-0.05, 0) is 50.3 Å². The molecule has 2 aromatic heterocycles. The minimum Gasteiger partial charge on any atom is -0.326 e. The Labute approximate surface area is 194 Å². The molecular weight excluding hydrogens is 452 g/mol. The van der Waals surface area contributed by atoms with Gasteiger partial charge in [0.15, 0.2) is 11.6 Å². The lowest BCUT2D eigenvalue weighted by Gasteiger charge is -2.49. The molecule has 0 saturated carbocycles. The van der Waals surface area contributed by atoms with Gasteiger partial charge in [-0.1, -0.05) is 30.1 Å². The Balaban J connectivity index is 1.65. The molecule has 4 heterocycles. The van der Waals surface area contributed by atoms with Gasteiger partial charge in [-0.2, -0.15) is 0 Å². The lowest BCUT2D eigenvalue weighted by molar-refractivity contribution is 0.0226. The molecule has 1 aromatic carbocycles. The van der Waals surface area contributed by atoms with Crippen molar-refractivity contribution in [1.29, 1.82) is 0 Å². The molecule has 32 heavy (non-hydrogen) atoms. The predicted molar refractivity (Wildman–Crippen MR) is 119 cm³/mol. The molecule has 2 bridgehead atoms. The average Bonchev–Trinajstić information content (AvgIpc) is 2.79. The van der Waals surface area contributed by atoms with E-state index in [-0.39, 0.29) is 39.5 Å². The van der Waals surface area contributed by atoms with Gasteiger partial charge in [0, 0.05) is 24.0 Å². The van der Waals surface area contributed by atoms with Crippen LogP contribution in [-0.4, -0.2) is 36.8 Å². The lowest BCUT2D eigenvalue weighted by atomic mass is 9.76. The summed E-state index contributed by atoms with van der Waals surface area (Å²) >= 11 is 12.0. The highest BCUT2D eigenvalue weighted by atomic mass is 35.5. The zero-order valence-corrected chi connectivity index (χ0v) is 19.0. The number of hydrogen-bond donors (Lipinski definition) is 0. The van der Waals surface area contributed by atoms with E-state index in [4.69, 9.17) is 28.2 Å². The molecule has 2 aliphatic rings. The largest absolute Gasteiger partial charge is 0.326 e. The minimum atomic E-state index is -0.781. The van der Waals surface area contributed by atoms with E-state index in [1.54, 1.807) is 18.5 Å². The van der Waals surface area contributed by atoms with Crippen molar-refractivity contribution in [2.75, 3.05) is 0 Å². The van der Waals surface area contributed by atoms with Gasteiger partial charge in [-0.25, -0.2) is 24.3 Å². The molecule has 5 rings (SSSR count). The van der Waals surface area contributed by atoms with Crippen LogP contribution in [0.5, 0.6) is 0 Å². The number of aromatic nitrogens is 4. The molecule has 0 N–H and O–H groups in total. The van der Waals surface area contributed by atoms with Gasteiger partial charge in [-0.15, -0.1) is 0 Å². The zero-order chi connectivity index (χ0) is 22.6. The first-order valence-corrected chi connectivity index (χ1v) is 11.2. The van der Waals surface area contributed by atoms with Crippen molar-refractivity contribution in [2.24, 2.45) is 5.92 Å². The van der Waals surface area contributed by atoms with Crippen molar-refractivity contribution in [3.8, 4) is 11.5 Å². The van der Waals surface area contributed by atoms with Crippen LogP contribution in [0, 0.1) is 18.7 Å². The van der Waals surface area contributed by atoms with Gasteiger partial charge in [0.25, 0.3) is 5.91 Å². The van der Waals surface area contributed by atoms with Crippen molar-refractivity contribution in [3.63, 3.8) is 0 Å². The predicted octanol–water partition coefficient (Wildman–Crippen LogP) is 5.23. The maximum atomic E-state index is 14.3. The van der Waals surface area contributed by atoms with E-state index in [0.29, 0.717) is 23.8 Å². The normalized spacial score (nSPS) is 21.9. The Morgan fingerprint density at radius 2 is 1.91 bits per heavy atom. The fourth-order valence-corrected chi connectivity index (χ4v) is 5.33. The van der Waals surface area contributed by atoms with E-state index in [9.17, 15) is 9.18 Å². The molecule has 3 atom stereocenters. The molecule has 9 heteroatoms. The number of benzene rings is 1. The Morgan fingerprint density at radius 3 is 2.66 bits per heavy atom. The Kier molecular flexibility index (Phi) is 5.34. The summed E-state index contributed by atoms with van der Waals surface area (Å²) in [6.45, 7) is 3.93. The molecule has 1 fully saturated rings. The SMILES string of the molecule is Cc1nc(-c2ncccn2)c2c(n1)[C@H]1[C@H](C)CC[C@@H](C2)N1C(=O)c1ccc(Cl)c(F)c1Cl. The third kappa shape index (κ3) is 3.35. The van der Waals surface area contributed by atoms with Crippen LogP contribution in [0.2, 0.25) is 10.0 Å². The molecule has 1 saturated heterocycles. The van der Waals surface area contributed by atoms with Gasteiger partial charge in [0.05, 0.1) is 27.3 Å². The Hall–Kier alpha value is -2.64. The van der Waals surface area contributed by atoms with E-state index in [1.807, 2.05) is 11.8 Å². The van der Waals surface area contributed by atoms with Gasteiger partial charge in [-0.3, -0.25) is 4.79 Å². The minimum absolute atomic E-state index is 0.0835. The van der Waals surface area contributed by atoms with Crippen LogP contribution in [0.4, 0.5) is 4.39 Å². The summed E-state index contributed by atoms with van der Waals surface area (Å²) in [7, 11) is 0. The third-order valence-corrected chi connectivity index (χ3v) is 7.00. The first-order chi connectivity index (χ1) is 15.4. The number of aryl methyl sites for hydroxylation is 1. The number of amides is 1. The molecule has 3 aromatic rings. The first kappa shape index (κ1) is 21.2. The van der Waals surface area contributed by atoms with Gasteiger partial charge in [0.1, 0.15) is 11.5 Å². The van der Waals surface area contributed by atoms with Crippen molar-refractivity contribution in [1.82, 2.24) is 24.8 Å².